The Kier molecular flexibility index (Phi) is 2.71. The van der Waals surface area contributed by atoms with Gasteiger partial charge in [0, 0.05) is 11.6 Å². The van der Waals surface area contributed by atoms with E-state index in [1.165, 1.54) is 0 Å². The first kappa shape index (κ1) is 9.07. The van der Waals surface area contributed by atoms with Crippen LogP contribution in [0.3, 0.4) is 0 Å². The molecule has 1 N–H and O–H groups in total. The SMILES string of the molecule is CC(c1c[c]ccc1O)N(C)C. The molecule has 0 aliphatic rings. The van der Waals surface area contributed by atoms with Crippen molar-refractivity contribution < 1.29 is 5.11 Å². The summed E-state index contributed by atoms with van der Waals surface area (Å²) in [6, 6.07) is 8.37. The van der Waals surface area contributed by atoms with E-state index in [1.54, 1.807) is 12.1 Å². The molecule has 1 aromatic rings. The third kappa shape index (κ3) is 1.77. The van der Waals surface area contributed by atoms with Crippen LogP contribution in [0.2, 0.25) is 0 Å². The molecular formula is C10H14NO. The highest BCUT2D eigenvalue weighted by molar-refractivity contribution is 5.33. The average molecular weight is 164 g/mol. The molecule has 1 rings (SSSR count). The maximum Gasteiger partial charge on any atom is 0.120 e. The Bertz CT molecular complexity index is 258. The molecule has 1 radical (unpaired) electrons. The molecule has 2 nitrogen and oxygen atoms in total. The molecule has 0 aliphatic carbocycles. The zero-order chi connectivity index (χ0) is 9.14. The van der Waals surface area contributed by atoms with Crippen LogP contribution in [0, 0.1) is 6.07 Å². The molecule has 1 unspecified atom stereocenters. The molecule has 0 fully saturated rings. The Labute approximate surface area is 73.4 Å². The molecule has 0 heterocycles. The van der Waals surface area contributed by atoms with Gasteiger partial charge in [0.2, 0.25) is 0 Å². The lowest BCUT2D eigenvalue weighted by Crippen LogP contribution is -2.16. The highest BCUT2D eigenvalue weighted by Crippen LogP contribution is 2.25. The normalized spacial score (nSPS) is 13.3. The lowest BCUT2D eigenvalue weighted by molar-refractivity contribution is 0.311. The third-order valence-electron chi connectivity index (χ3n) is 2.10. The van der Waals surface area contributed by atoms with Crippen molar-refractivity contribution in [2.24, 2.45) is 0 Å². The average Bonchev–Trinajstić information content (AvgIpc) is 2.04. The second-order valence-corrected chi connectivity index (χ2v) is 3.12. The van der Waals surface area contributed by atoms with Crippen LogP contribution < -0.4 is 0 Å². The van der Waals surface area contributed by atoms with Crippen molar-refractivity contribution in [2.45, 2.75) is 13.0 Å². The molecule has 0 bridgehead atoms. The molecule has 65 valence electrons. The zero-order valence-corrected chi connectivity index (χ0v) is 7.70. The topological polar surface area (TPSA) is 23.5 Å². The van der Waals surface area contributed by atoms with Crippen molar-refractivity contribution in [1.29, 1.82) is 0 Å². The summed E-state index contributed by atoms with van der Waals surface area (Å²) in [5, 5.41) is 9.48. The van der Waals surface area contributed by atoms with Crippen molar-refractivity contribution in [2.75, 3.05) is 14.1 Å². The van der Waals surface area contributed by atoms with E-state index in [0.717, 1.165) is 5.56 Å². The van der Waals surface area contributed by atoms with Gasteiger partial charge in [0.1, 0.15) is 5.75 Å². The smallest absolute Gasteiger partial charge is 0.120 e. The summed E-state index contributed by atoms with van der Waals surface area (Å²) in [6.45, 7) is 2.04. The number of hydrogen-bond donors (Lipinski definition) is 1. The van der Waals surface area contributed by atoms with E-state index in [9.17, 15) is 5.11 Å². The highest BCUT2D eigenvalue weighted by Gasteiger charge is 2.10. The van der Waals surface area contributed by atoms with E-state index < -0.39 is 0 Å². The molecule has 12 heavy (non-hydrogen) atoms. The van der Waals surface area contributed by atoms with Crippen LogP contribution in [0.5, 0.6) is 5.75 Å². The molecule has 0 aromatic heterocycles. The van der Waals surface area contributed by atoms with E-state index in [1.807, 2.05) is 32.0 Å². The van der Waals surface area contributed by atoms with E-state index in [2.05, 4.69) is 6.07 Å². The van der Waals surface area contributed by atoms with E-state index in [-0.39, 0.29) is 6.04 Å². The van der Waals surface area contributed by atoms with Gasteiger partial charge in [-0.05, 0) is 39.2 Å². The molecule has 2 heteroatoms. The Morgan fingerprint density at radius 3 is 2.67 bits per heavy atom. The minimum atomic E-state index is 0.224. The minimum absolute atomic E-state index is 0.224. The molecule has 0 saturated heterocycles. The molecule has 0 spiro atoms. The summed E-state index contributed by atoms with van der Waals surface area (Å²) in [6.07, 6.45) is 0. The van der Waals surface area contributed by atoms with Crippen molar-refractivity contribution in [3.63, 3.8) is 0 Å². The zero-order valence-electron chi connectivity index (χ0n) is 7.70. The first-order valence-electron chi connectivity index (χ1n) is 3.98. The van der Waals surface area contributed by atoms with Gasteiger partial charge >= 0.3 is 0 Å². The lowest BCUT2D eigenvalue weighted by Gasteiger charge is -2.20. The van der Waals surface area contributed by atoms with Gasteiger partial charge in [-0.25, -0.2) is 0 Å². The summed E-state index contributed by atoms with van der Waals surface area (Å²) in [5.74, 6) is 0.343. The monoisotopic (exact) mass is 164 g/mol. The number of benzene rings is 1. The van der Waals surface area contributed by atoms with Crippen LogP contribution in [0.25, 0.3) is 0 Å². The molecule has 0 saturated carbocycles. The summed E-state index contributed by atoms with van der Waals surface area (Å²) in [7, 11) is 3.97. The summed E-state index contributed by atoms with van der Waals surface area (Å²) in [5.41, 5.74) is 0.919. The summed E-state index contributed by atoms with van der Waals surface area (Å²) in [4.78, 5) is 2.04. The minimum Gasteiger partial charge on any atom is -0.508 e. The van der Waals surface area contributed by atoms with Gasteiger partial charge in [0.15, 0.2) is 0 Å². The Hall–Kier alpha value is -1.02. The van der Waals surface area contributed by atoms with E-state index in [4.69, 9.17) is 0 Å². The maximum absolute atomic E-state index is 9.48. The van der Waals surface area contributed by atoms with Crippen LogP contribution in [-0.2, 0) is 0 Å². The van der Waals surface area contributed by atoms with Gasteiger partial charge in [0.25, 0.3) is 0 Å². The number of nitrogens with zero attached hydrogens (tertiary/aromatic N) is 1. The van der Waals surface area contributed by atoms with E-state index in [0.29, 0.717) is 5.75 Å². The van der Waals surface area contributed by atoms with Gasteiger partial charge in [-0.3, -0.25) is 0 Å². The van der Waals surface area contributed by atoms with Crippen molar-refractivity contribution >= 4 is 0 Å². The number of phenolic OH excluding ortho intramolecular Hbond substituents is 1. The number of phenols is 1. The van der Waals surface area contributed by atoms with Crippen molar-refractivity contribution in [3.8, 4) is 5.75 Å². The van der Waals surface area contributed by atoms with Crippen LogP contribution in [0.1, 0.15) is 18.5 Å². The predicted octanol–water partition coefficient (Wildman–Crippen LogP) is 1.81. The summed E-state index contributed by atoms with van der Waals surface area (Å²) >= 11 is 0. The number of rotatable bonds is 2. The standard InChI is InChI=1S/C10H14NO/c1-8(11(2)3)9-6-4-5-7-10(9)12/h5-8,12H,1-3H3. The first-order valence-corrected chi connectivity index (χ1v) is 3.98. The Morgan fingerprint density at radius 1 is 1.50 bits per heavy atom. The molecule has 0 amide bonds. The van der Waals surface area contributed by atoms with Crippen LogP contribution in [0.4, 0.5) is 0 Å². The maximum atomic E-state index is 9.48. The molecular weight excluding hydrogens is 150 g/mol. The van der Waals surface area contributed by atoms with Crippen LogP contribution in [0.15, 0.2) is 18.2 Å². The highest BCUT2D eigenvalue weighted by atomic mass is 16.3. The summed E-state index contributed by atoms with van der Waals surface area (Å²) < 4.78 is 0. The second-order valence-electron chi connectivity index (χ2n) is 3.12. The Balaban J connectivity index is 2.94. The second kappa shape index (κ2) is 3.59. The largest absolute Gasteiger partial charge is 0.508 e. The van der Waals surface area contributed by atoms with Crippen LogP contribution >= 0.6 is 0 Å². The van der Waals surface area contributed by atoms with Gasteiger partial charge in [-0.1, -0.05) is 6.07 Å². The van der Waals surface area contributed by atoms with Crippen molar-refractivity contribution in [1.82, 2.24) is 4.90 Å². The van der Waals surface area contributed by atoms with E-state index >= 15 is 0 Å². The fourth-order valence-corrected chi connectivity index (χ4v) is 1.05. The van der Waals surface area contributed by atoms with Gasteiger partial charge in [-0.15, -0.1) is 0 Å². The fourth-order valence-electron chi connectivity index (χ4n) is 1.05. The van der Waals surface area contributed by atoms with Crippen LogP contribution in [-0.4, -0.2) is 24.1 Å². The first-order chi connectivity index (χ1) is 5.63. The number of hydrogen-bond acceptors (Lipinski definition) is 2. The van der Waals surface area contributed by atoms with Gasteiger partial charge < -0.3 is 10.0 Å². The number of aromatic hydroxyl groups is 1. The fraction of sp³-hybridized carbons (Fsp3) is 0.400. The quantitative estimate of drug-likeness (QED) is 0.720. The van der Waals surface area contributed by atoms with Crippen molar-refractivity contribution in [3.05, 3.63) is 29.8 Å². The predicted molar refractivity (Wildman–Crippen MR) is 49.0 cm³/mol. The lowest BCUT2D eigenvalue weighted by atomic mass is 10.1. The van der Waals surface area contributed by atoms with Gasteiger partial charge in [-0.2, -0.15) is 0 Å². The molecule has 0 aliphatic heterocycles. The molecule has 1 aromatic carbocycles. The Morgan fingerprint density at radius 2 is 2.17 bits per heavy atom. The molecule has 1 atom stereocenters. The third-order valence-corrected chi connectivity index (χ3v) is 2.10. The van der Waals surface area contributed by atoms with Gasteiger partial charge in [0.05, 0.1) is 0 Å².